The predicted molar refractivity (Wildman–Crippen MR) is 147 cm³/mol. The number of rotatable bonds is 14. The van der Waals surface area contributed by atoms with Crippen LogP contribution in [0.1, 0.15) is 39.2 Å². The maximum Gasteiger partial charge on any atom is 0.244 e. The maximum absolute atomic E-state index is 13.9. The van der Waals surface area contributed by atoms with E-state index in [4.69, 9.17) is 14.2 Å². The number of carbonyl (C=O) groups excluding carboxylic acids is 2. The van der Waals surface area contributed by atoms with Gasteiger partial charge in [-0.15, -0.1) is 0 Å². The lowest BCUT2D eigenvalue weighted by Gasteiger charge is -2.33. The van der Waals surface area contributed by atoms with E-state index >= 15 is 0 Å². The van der Waals surface area contributed by atoms with E-state index < -0.39 is 28.5 Å². The zero-order valence-electron chi connectivity index (χ0n) is 23.2. The predicted octanol–water partition coefficient (Wildman–Crippen LogP) is 3.20. The van der Waals surface area contributed by atoms with E-state index in [1.807, 2.05) is 20.8 Å². The molecule has 0 bridgehead atoms. The fourth-order valence-corrected chi connectivity index (χ4v) is 4.72. The minimum atomic E-state index is -3.93. The van der Waals surface area contributed by atoms with E-state index in [1.165, 1.54) is 25.2 Å². The highest BCUT2D eigenvalue weighted by molar-refractivity contribution is 7.92. The molecule has 10 nitrogen and oxygen atoms in total. The van der Waals surface area contributed by atoms with Gasteiger partial charge in [0.15, 0.2) is 0 Å². The zero-order chi connectivity index (χ0) is 28.5. The number of carbonyl (C=O) groups is 2. The third-order valence-electron chi connectivity index (χ3n) is 6.23. The molecule has 0 aromatic heterocycles. The van der Waals surface area contributed by atoms with Crippen LogP contribution in [0.4, 0.5) is 5.69 Å². The number of sulfonamides is 1. The van der Waals surface area contributed by atoms with Crippen molar-refractivity contribution in [2.45, 2.75) is 52.2 Å². The largest absolute Gasteiger partial charge is 0.497 e. The van der Waals surface area contributed by atoms with Crippen molar-refractivity contribution in [2.75, 3.05) is 38.4 Å². The second kappa shape index (κ2) is 13.9. The van der Waals surface area contributed by atoms with Crippen LogP contribution in [-0.4, -0.2) is 71.3 Å². The number of hydrogen-bond acceptors (Lipinski definition) is 7. The van der Waals surface area contributed by atoms with Crippen molar-refractivity contribution in [3.8, 4) is 17.2 Å². The summed E-state index contributed by atoms with van der Waals surface area (Å²) in [4.78, 5) is 28.5. The molecular formula is C27H39N3O7S. The van der Waals surface area contributed by atoms with Crippen LogP contribution in [0.3, 0.4) is 0 Å². The highest BCUT2D eigenvalue weighted by atomic mass is 32.2. The van der Waals surface area contributed by atoms with Crippen molar-refractivity contribution in [3.63, 3.8) is 0 Å². The Hall–Kier alpha value is -3.47. The first-order valence-electron chi connectivity index (χ1n) is 12.4. The normalized spacial score (nSPS) is 12.7. The Morgan fingerprint density at radius 1 is 0.921 bits per heavy atom. The van der Waals surface area contributed by atoms with Crippen LogP contribution in [0.2, 0.25) is 0 Å². The maximum atomic E-state index is 13.9. The molecule has 1 N–H and O–H groups in total. The van der Waals surface area contributed by atoms with Crippen LogP contribution in [-0.2, 0) is 26.2 Å². The van der Waals surface area contributed by atoms with Gasteiger partial charge in [0, 0.05) is 18.7 Å². The lowest BCUT2D eigenvalue weighted by atomic mass is 10.1. The third kappa shape index (κ3) is 8.01. The summed E-state index contributed by atoms with van der Waals surface area (Å²) in [7, 11) is 0.502. The van der Waals surface area contributed by atoms with Crippen LogP contribution >= 0.6 is 0 Å². The van der Waals surface area contributed by atoms with Crippen molar-refractivity contribution in [1.82, 2.24) is 10.2 Å². The number of amides is 2. The molecule has 2 rings (SSSR count). The summed E-state index contributed by atoms with van der Waals surface area (Å²) in [6.07, 6.45) is 2.08. The molecule has 0 spiro atoms. The fourth-order valence-electron chi connectivity index (χ4n) is 3.87. The van der Waals surface area contributed by atoms with E-state index in [0.717, 1.165) is 22.5 Å². The highest BCUT2D eigenvalue weighted by Crippen LogP contribution is 2.34. The molecule has 0 unspecified atom stereocenters. The average molecular weight is 550 g/mol. The summed E-state index contributed by atoms with van der Waals surface area (Å²) < 4.78 is 42.7. The number of nitrogens with zero attached hydrogens (tertiary/aromatic N) is 2. The smallest absolute Gasteiger partial charge is 0.244 e. The van der Waals surface area contributed by atoms with Crippen LogP contribution < -0.4 is 23.8 Å². The lowest BCUT2D eigenvalue weighted by Crippen LogP contribution is -2.53. The SMILES string of the molecule is CC[C@H](C)NC(=O)[C@H](CC)N(Cc1ccc(OC)cc1)C(=O)CN(c1cc(OC)ccc1OC)S(C)(=O)=O. The Kier molecular flexibility index (Phi) is 11.2. The zero-order valence-corrected chi connectivity index (χ0v) is 24.0. The summed E-state index contributed by atoms with van der Waals surface area (Å²) in [6.45, 7) is 5.22. The number of methoxy groups -OCH3 is 3. The van der Waals surface area contributed by atoms with Gasteiger partial charge in [0.1, 0.15) is 29.8 Å². The summed E-state index contributed by atoms with van der Waals surface area (Å²) in [5.41, 5.74) is 0.919. The van der Waals surface area contributed by atoms with Gasteiger partial charge in [0.2, 0.25) is 21.8 Å². The Morgan fingerprint density at radius 2 is 1.53 bits per heavy atom. The van der Waals surface area contributed by atoms with Crippen molar-refractivity contribution in [2.24, 2.45) is 0 Å². The average Bonchev–Trinajstić information content (AvgIpc) is 2.90. The number of hydrogen-bond donors (Lipinski definition) is 1. The number of nitrogens with one attached hydrogen (secondary N) is 1. The lowest BCUT2D eigenvalue weighted by molar-refractivity contribution is -0.140. The van der Waals surface area contributed by atoms with Crippen molar-refractivity contribution < 1.29 is 32.2 Å². The van der Waals surface area contributed by atoms with Gasteiger partial charge >= 0.3 is 0 Å². The second-order valence-corrected chi connectivity index (χ2v) is 10.8. The van der Waals surface area contributed by atoms with E-state index in [1.54, 1.807) is 43.5 Å². The van der Waals surface area contributed by atoms with Crippen molar-refractivity contribution >= 4 is 27.5 Å². The van der Waals surface area contributed by atoms with Crippen LogP contribution in [0.5, 0.6) is 17.2 Å². The molecule has 0 aliphatic heterocycles. The molecule has 2 atom stereocenters. The van der Waals surface area contributed by atoms with Gasteiger partial charge in [0.05, 0.1) is 33.3 Å². The van der Waals surface area contributed by atoms with Gasteiger partial charge in [-0.3, -0.25) is 13.9 Å². The molecule has 11 heteroatoms. The standard InChI is InChI=1S/C27H39N3O7S/c1-8-19(3)28-27(32)23(9-2)29(17-20-10-12-21(35-4)13-11-20)26(31)18-30(38(7,33)34)24-16-22(36-5)14-15-25(24)37-6/h10-16,19,23H,8-9,17-18H2,1-7H3,(H,28,32)/t19-,23-/m0/s1. The first kappa shape index (κ1) is 30.8. The third-order valence-corrected chi connectivity index (χ3v) is 7.36. The molecule has 0 aliphatic carbocycles. The molecule has 0 radical (unpaired) electrons. The molecule has 2 aromatic rings. The molecule has 0 heterocycles. The monoisotopic (exact) mass is 549 g/mol. The molecule has 2 aromatic carbocycles. The Labute approximate surface area is 225 Å². The van der Waals surface area contributed by atoms with Gasteiger partial charge in [-0.05, 0) is 49.6 Å². The highest BCUT2D eigenvalue weighted by Gasteiger charge is 2.33. The molecule has 2 amide bonds. The fraction of sp³-hybridized carbons (Fsp3) is 0.481. The summed E-state index contributed by atoms with van der Waals surface area (Å²) in [5, 5.41) is 2.95. The van der Waals surface area contributed by atoms with E-state index in [2.05, 4.69) is 5.32 Å². The molecule has 0 saturated carbocycles. The van der Waals surface area contributed by atoms with E-state index in [-0.39, 0.29) is 29.9 Å². The van der Waals surface area contributed by atoms with Crippen molar-refractivity contribution in [1.29, 1.82) is 0 Å². The van der Waals surface area contributed by atoms with Gasteiger partial charge in [0.25, 0.3) is 0 Å². The molecule has 210 valence electrons. The van der Waals surface area contributed by atoms with Gasteiger partial charge < -0.3 is 24.4 Å². The molecule has 38 heavy (non-hydrogen) atoms. The summed E-state index contributed by atoms with van der Waals surface area (Å²) in [6, 6.07) is 10.9. The van der Waals surface area contributed by atoms with Gasteiger partial charge in [-0.1, -0.05) is 26.0 Å². The first-order chi connectivity index (χ1) is 18.0. The van der Waals surface area contributed by atoms with Gasteiger partial charge in [-0.25, -0.2) is 8.42 Å². The molecule has 0 fully saturated rings. The summed E-state index contributed by atoms with van der Waals surface area (Å²) in [5.74, 6) is 0.473. The Morgan fingerprint density at radius 3 is 2.03 bits per heavy atom. The Balaban J connectivity index is 2.52. The van der Waals surface area contributed by atoms with Crippen LogP contribution in [0.15, 0.2) is 42.5 Å². The number of ether oxygens (including phenoxy) is 3. The minimum Gasteiger partial charge on any atom is -0.497 e. The van der Waals surface area contributed by atoms with Gasteiger partial charge in [-0.2, -0.15) is 0 Å². The van der Waals surface area contributed by atoms with Crippen molar-refractivity contribution in [3.05, 3.63) is 48.0 Å². The van der Waals surface area contributed by atoms with E-state index in [0.29, 0.717) is 17.9 Å². The Bertz CT molecular complexity index is 1190. The molecular weight excluding hydrogens is 510 g/mol. The number of benzene rings is 2. The quantitative estimate of drug-likeness (QED) is 0.385. The second-order valence-electron chi connectivity index (χ2n) is 8.92. The van der Waals surface area contributed by atoms with E-state index in [9.17, 15) is 18.0 Å². The molecule has 0 saturated heterocycles. The molecule has 0 aliphatic rings. The van der Waals surface area contributed by atoms with Crippen LogP contribution in [0, 0.1) is 0 Å². The minimum absolute atomic E-state index is 0.0805. The summed E-state index contributed by atoms with van der Waals surface area (Å²) >= 11 is 0. The van der Waals surface area contributed by atoms with Crippen LogP contribution in [0.25, 0.3) is 0 Å². The topological polar surface area (TPSA) is 114 Å². The first-order valence-corrected chi connectivity index (χ1v) is 14.3. The number of anilines is 1.